The highest BCUT2D eigenvalue weighted by atomic mass is 16.3. The van der Waals surface area contributed by atoms with E-state index in [1.165, 1.54) is 0 Å². The van der Waals surface area contributed by atoms with Gasteiger partial charge in [-0.3, -0.25) is 0 Å². The van der Waals surface area contributed by atoms with Gasteiger partial charge in [-0.1, -0.05) is 18.7 Å². The Morgan fingerprint density at radius 3 is 2.89 bits per heavy atom. The Labute approximate surface area is 54.3 Å². The molecule has 0 atom stereocenters. The molecule has 1 heteroatoms. The highest BCUT2D eigenvalue weighted by molar-refractivity contribution is 5.33. The summed E-state index contributed by atoms with van der Waals surface area (Å²) in [5, 5.41) is 9.04. The van der Waals surface area contributed by atoms with Gasteiger partial charge in [0.15, 0.2) is 0 Å². The third kappa shape index (κ3) is 1.13. The monoisotopic (exact) mass is 120 g/mol. The molecule has 1 nitrogen and oxygen atoms in total. The van der Waals surface area contributed by atoms with Crippen LogP contribution in [0.4, 0.5) is 0 Å². The molecule has 1 aliphatic rings. The van der Waals surface area contributed by atoms with Crippen molar-refractivity contribution in [2.45, 2.75) is 6.42 Å². The maximum Gasteiger partial charge on any atom is 0.126 e. The number of rotatable bonds is 0. The summed E-state index contributed by atoms with van der Waals surface area (Å²) in [6.07, 6.45) is 6.15. The molecule has 0 saturated heterocycles. The molecule has 0 fully saturated rings. The van der Waals surface area contributed by atoms with Crippen LogP contribution in [0.3, 0.4) is 0 Å². The second-order valence-corrected chi connectivity index (χ2v) is 1.84. The maximum absolute atomic E-state index is 9.04. The summed E-state index contributed by atoms with van der Waals surface area (Å²) in [7, 11) is 0. The first-order valence-corrected chi connectivity index (χ1v) is 2.79. The number of hydrogen-bond donors (Lipinski definition) is 1. The molecule has 0 radical (unpaired) electrons. The van der Waals surface area contributed by atoms with E-state index in [1.807, 2.05) is 12.2 Å². The van der Waals surface area contributed by atoms with Crippen molar-refractivity contribution in [1.82, 2.24) is 0 Å². The minimum atomic E-state index is 0.285. The Balaban J connectivity index is 2.96. The summed E-state index contributed by atoms with van der Waals surface area (Å²) in [5.74, 6) is 0.285. The predicted octanol–water partition coefficient (Wildman–Crippen LogP) is 2.10. The van der Waals surface area contributed by atoms with Crippen molar-refractivity contribution in [3.05, 3.63) is 41.9 Å². The molecular weight excluding hydrogens is 112 g/mol. The zero-order chi connectivity index (χ0) is 6.69. The highest BCUT2D eigenvalue weighted by Gasteiger charge is 2.01. The van der Waals surface area contributed by atoms with Crippen molar-refractivity contribution in [1.29, 1.82) is 0 Å². The summed E-state index contributed by atoms with van der Waals surface area (Å²) in [6, 6.07) is 0. The van der Waals surface area contributed by atoms with Crippen LogP contribution in [0.15, 0.2) is 41.9 Å². The van der Waals surface area contributed by atoms with Crippen molar-refractivity contribution >= 4 is 0 Å². The molecule has 1 rings (SSSR count). The molecule has 0 aliphatic heterocycles. The average Bonchev–Trinajstić information content (AvgIpc) is 1.89. The van der Waals surface area contributed by atoms with Gasteiger partial charge in [0.25, 0.3) is 0 Å². The molecule has 0 saturated carbocycles. The molecule has 0 aromatic heterocycles. The molecule has 0 spiro atoms. The van der Waals surface area contributed by atoms with E-state index in [2.05, 4.69) is 12.3 Å². The summed E-state index contributed by atoms with van der Waals surface area (Å²) in [4.78, 5) is 0. The van der Waals surface area contributed by atoms with E-state index in [-0.39, 0.29) is 5.76 Å². The minimum absolute atomic E-state index is 0.285. The SMILES string of the molecule is C=C=C1CC=CC=C1O. The van der Waals surface area contributed by atoms with Crippen molar-refractivity contribution < 1.29 is 5.11 Å². The Kier molecular flexibility index (Phi) is 1.57. The van der Waals surface area contributed by atoms with Gasteiger partial charge >= 0.3 is 0 Å². The molecule has 1 aliphatic carbocycles. The third-order valence-corrected chi connectivity index (χ3v) is 1.23. The third-order valence-electron chi connectivity index (χ3n) is 1.23. The van der Waals surface area contributed by atoms with E-state index in [1.54, 1.807) is 6.08 Å². The molecule has 0 bridgehead atoms. The van der Waals surface area contributed by atoms with E-state index in [0.29, 0.717) is 0 Å². The van der Waals surface area contributed by atoms with E-state index < -0.39 is 0 Å². The lowest BCUT2D eigenvalue weighted by Gasteiger charge is -2.02. The van der Waals surface area contributed by atoms with Gasteiger partial charge in [-0.05, 0) is 6.08 Å². The van der Waals surface area contributed by atoms with E-state index >= 15 is 0 Å². The molecule has 0 amide bonds. The summed E-state index contributed by atoms with van der Waals surface area (Å²) < 4.78 is 0. The van der Waals surface area contributed by atoms with Gasteiger partial charge in [-0.2, -0.15) is 0 Å². The first kappa shape index (κ1) is 5.93. The fourth-order valence-corrected chi connectivity index (χ4v) is 0.713. The van der Waals surface area contributed by atoms with Crippen LogP contribution in [0, 0.1) is 0 Å². The summed E-state index contributed by atoms with van der Waals surface area (Å²) >= 11 is 0. The van der Waals surface area contributed by atoms with Gasteiger partial charge in [0.1, 0.15) is 5.76 Å². The predicted molar refractivity (Wildman–Crippen MR) is 37.1 cm³/mol. The molecule has 1 N–H and O–H groups in total. The van der Waals surface area contributed by atoms with E-state index in [9.17, 15) is 0 Å². The molecular formula is C8H8O. The molecule has 0 aromatic rings. The van der Waals surface area contributed by atoms with Crippen LogP contribution in [-0.2, 0) is 0 Å². The molecule has 9 heavy (non-hydrogen) atoms. The van der Waals surface area contributed by atoms with Crippen molar-refractivity contribution in [3.8, 4) is 0 Å². The lowest BCUT2D eigenvalue weighted by Crippen LogP contribution is -1.88. The lowest BCUT2D eigenvalue weighted by atomic mass is 10.1. The Morgan fingerprint density at radius 2 is 2.44 bits per heavy atom. The van der Waals surface area contributed by atoms with E-state index in [4.69, 9.17) is 5.11 Å². The van der Waals surface area contributed by atoms with Gasteiger partial charge in [-0.15, -0.1) is 5.73 Å². The van der Waals surface area contributed by atoms with Crippen molar-refractivity contribution in [2.24, 2.45) is 0 Å². The summed E-state index contributed by atoms with van der Waals surface area (Å²) in [5.41, 5.74) is 3.43. The largest absolute Gasteiger partial charge is 0.507 e. The van der Waals surface area contributed by atoms with Gasteiger partial charge in [0.2, 0.25) is 0 Å². The first-order valence-electron chi connectivity index (χ1n) is 2.79. The number of allylic oxidation sites excluding steroid dienone is 4. The van der Waals surface area contributed by atoms with Gasteiger partial charge < -0.3 is 5.11 Å². The van der Waals surface area contributed by atoms with Crippen LogP contribution in [0.25, 0.3) is 0 Å². The van der Waals surface area contributed by atoms with Gasteiger partial charge in [-0.25, -0.2) is 0 Å². The molecule has 0 unspecified atom stereocenters. The topological polar surface area (TPSA) is 20.2 Å². The second kappa shape index (κ2) is 2.38. The number of hydrogen-bond acceptors (Lipinski definition) is 1. The Morgan fingerprint density at radius 1 is 1.67 bits per heavy atom. The van der Waals surface area contributed by atoms with Gasteiger partial charge in [0, 0.05) is 12.0 Å². The fourth-order valence-electron chi connectivity index (χ4n) is 0.713. The summed E-state index contributed by atoms with van der Waals surface area (Å²) in [6.45, 7) is 3.44. The Hall–Kier alpha value is -1.20. The van der Waals surface area contributed by atoms with Crippen LogP contribution >= 0.6 is 0 Å². The maximum atomic E-state index is 9.04. The zero-order valence-electron chi connectivity index (χ0n) is 5.09. The quantitative estimate of drug-likeness (QED) is 0.485. The number of aliphatic hydroxyl groups excluding tert-OH is 1. The molecule has 0 aromatic carbocycles. The van der Waals surface area contributed by atoms with Crippen LogP contribution in [-0.4, -0.2) is 5.11 Å². The fraction of sp³-hybridized carbons (Fsp3) is 0.125. The normalized spacial score (nSPS) is 16.9. The number of aliphatic hydroxyl groups is 1. The van der Waals surface area contributed by atoms with Gasteiger partial charge in [0.05, 0.1) is 0 Å². The molecule has 0 heterocycles. The van der Waals surface area contributed by atoms with Crippen LogP contribution in [0.2, 0.25) is 0 Å². The Bertz CT molecular complexity index is 215. The van der Waals surface area contributed by atoms with Crippen molar-refractivity contribution in [2.75, 3.05) is 0 Å². The standard InChI is InChI=1S/C8H8O/c1-2-7-5-3-4-6-8(7)9/h3-4,6,9H,1,5H2. The van der Waals surface area contributed by atoms with Crippen LogP contribution in [0.5, 0.6) is 0 Å². The van der Waals surface area contributed by atoms with E-state index in [0.717, 1.165) is 12.0 Å². The van der Waals surface area contributed by atoms with Crippen LogP contribution in [0.1, 0.15) is 6.42 Å². The second-order valence-electron chi connectivity index (χ2n) is 1.84. The van der Waals surface area contributed by atoms with Crippen molar-refractivity contribution in [3.63, 3.8) is 0 Å². The molecule has 46 valence electrons. The first-order chi connectivity index (χ1) is 4.34. The lowest BCUT2D eigenvalue weighted by molar-refractivity contribution is 0.420. The van der Waals surface area contributed by atoms with Crippen LogP contribution < -0.4 is 0 Å². The smallest absolute Gasteiger partial charge is 0.126 e. The minimum Gasteiger partial charge on any atom is -0.507 e. The zero-order valence-corrected chi connectivity index (χ0v) is 5.09. The highest BCUT2D eigenvalue weighted by Crippen LogP contribution is 2.14. The average molecular weight is 120 g/mol.